The van der Waals surface area contributed by atoms with Crippen LogP contribution in [0, 0.1) is 0 Å². The third kappa shape index (κ3) is 4.13. The predicted octanol–water partition coefficient (Wildman–Crippen LogP) is 2.23. The lowest BCUT2D eigenvalue weighted by Gasteiger charge is -2.08. The molecule has 1 heterocycles. The Morgan fingerprint density at radius 2 is 1.96 bits per heavy atom. The molecule has 0 bridgehead atoms. The maximum atomic E-state index is 11.9. The fourth-order valence-corrected chi connectivity index (χ4v) is 2.17. The summed E-state index contributed by atoms with van der Waals surface area (Å²) in [5, 5.41) is 19.2. The highest BCUT2D eigenvalue weighted by Crippen LogP contribution is 2.18. The van der Waals surface area contributed by atoms with E-state index in [0.717, 1.165) is 12.0 Å². The van der Waals surface area contributed by atoms with Crippen LogP contribution in [-0.4, -0.2) is 33.2 Å². The molecule has 3 N–H and O–H groups in total. The molecule has 116 valence electrons. The van der Waals surface area contributed by atoms with E-state index < -0.39 is 0 Å². The summed E-state index contributed by atoms with van der Waals surface area (Å²) in [6.45, 7) is 0.571. The van der Waals surface area contributed by atoms with Crippen molar-refractivity contribution in [2.75, 3.05) is 11.9 Å². The molecule has 0 aliphatic rings. The highest BCUT2D eigenvalue weighted by Gasteiger charge is 2.05. The smallest absolute Gasteiger partial charge is 0.319 e. The minimum absolute atomic E-state index is 0.242. The van der Waals surface area contributed by atoms with Gasteiger partial charge in [0.05, 0.1) is 0 Å². The standard InChI is InChI=1S/C16H16N6O/c23-16(17-10-9-12-5-2-1-3-6-12)18-14-8-4-7-13(11-14)15-19-21-22-20-15/h1-8,11H,9-10H2,(H2,17,18,23)(H,19,20,21,22). The highest BCUT2D eigenvalue weighted by atomic mass is 16.2. The first-order chi connectivity index (χ1) is 11.3. The first-order valence-corrected chi connectivity index (χ1v) is 7.24. The number of anilines is 1. The highest BCUT2D eigenvalue weighted by molar-refractivity contribution is 5.89. The Hall–Kier alpha value is -3.22. The van der Waals surface area contributed by atoms with Crippen molar-refractivity contribution in [3.05, 3.63) is 60.2 Å². The number of hydrogen-bond donors (Lipinski definition) is 3. The van der Waals surface area contributed by atoms with Crippen molar-refractivity contribution < 1.29 is 4.79 Å². The molecule has 0 radical (unpaired) electrons. The van der Waals surface area contributed by atoms with Gasteiger partial charge in [-0.25, -0.2) is 9.89 Å². The molecule has 3 rings (SSSR count). The summed E-state index contributed by atoms with van der Waals surface area (Å²) in [6.07, 6.45) is 0.790. The molecule has 0 spiro atoms. The number of benzene rings is 2. The summed E-state index contributed by atoms with van der Waals surface area (Å²) in [5.74, 6) is 0.554. The first-order valence-electron chi connectivity index (χ1n) is 7.24. The Kier molecular flexibility index (Phi) is 4.58. The lowest BCUT2D eigenvalue weighted by molar-refractivity contribution is 0.252. The Bertz CT molecular complexity index is 757. The molecule has 0 unspecified atom stereocenters. The minimum atomic E-state index is -0.242. The number of aromatic nitrogens is 4. The fourth-order valence-electron chi connectivity index (χ4n) is 2.17. The zero-order valence-corrected chi connectivity index (χ0v) is 12.4. The summed E-state index contributed by atoms with van der Waals surface area (Å²) in [6, 6.07) is 17.1. The molecular formula is C16H16N6O. The lowest BCUT2D eigenvalue weighted by Crippen LogP contribution is -2.30. The summed E-state index contributed by atoms with van der Waals surface area (Å²) in [5.41, 5.74) is 2.67. The number of carbonyl (C=O) groups excluding carboxylic acids is 1. The normalized spacial score (nSPS) is 10.3. The van der Waals surface area contributed by atoms with E-state index in [1.165, 1.54) is 5.56 Å². The lowest BCUT2D eigenvalue weighted by atomic mass is 10.1. The molecule has 0 saturated heterocycles. The van der Waals surface area contributed by atoms with E-state index in [1.807, 2.05) is 48.5 Å². The molecule has 0 aliphatic carbocycles. The largest absolute Gasteiger partial charge is 0.338 e. The number of hydrogen-bond acceptors (Lipinski definition) is 4. The topological polar surface area (TPSA) is 95.6 Å². The molecule has 7 heteroatoms. The van der Waals surface area contributed by atoms with E-state index >= 15 is 0 Å². The first kappa shape index (κ1) is 14.7. The van der Waals surface area contributed by atoms with Crippen LogP contribution in [-0.2, 0) is 6.42 Å². The van der Waals surface area contributed by atoms with Gasteiger partial charge in [0.1, 0.15) is 0 Å². The number of carbonyl (C=O) groups is 1. The van der Waals surface area contributed by atoms with E-state index in [-0.39, 0.29) is 6.03 Å². The summed E-state index contributed by atoms with van der Waals surface area (Å²) in [7, 11) is 0. The molecule has 3 aromatic rings. The van der Waals surface area contributed by atoms with Crippen molar-refractivity contribution >= 4 is 11.7 Å². The third-order valence-corrected chi connectivity index (χ3v) is 3.28. The zero-order chi connectivity index (χ0) is 15.9. The van der Waals surface area contributed by atoms with Gasteiger partial charge in [0.25, 0.3) is 0 Å². The molecule has 1 aromatic heterocycles. The quantitative estimate of drug-likeness (QED) is 0.673. The number of aromatic amines is 1. The van der Waals surface area contributed by atoms with E-state index in [0.29, 0.717) is 18.1 Å². The van der Waals surface area contributed by atoms with Gasteiger partial charge in [0.2, 0.25) is 0 Å². The molecule has 2 amide bonds. The van der Waals surface area contributed by atoms with Crippen LogP contribution in [0.4, 0.5) is 10.5 Å². The van der Waals surface area contributed by atoms with Crippen LogP contribution in [0.15, 0.2) is 54.6 Å². The van der Waals surface area contributed by atoms with Crippen molar-refractivity contribution in [2.24, 2.45) is 0 Å². The Morgan fingerprint density at radius 3 is 2.74 bits per heavy atom. The van der Waals surface area contributed by atoms with Gasteiger partial charge in [-0.2, -0.15) is 0 Å². The second kappa shape index (κ2) is 7.17. The number of urea groups is 1. The van der Waals surface area contributed by atoms with E-state index in [1.54, 1.807) is 6.07 Å². The number of nitrogens with one attached hydrogen (secondary N) is 3. The van der Waals surface area contributed by atoms with Gasteiger partial charge >= 0.3 is 6.03 Å². The van der Waals surface area contributed by atoms with E-state index in [4.69, 9.17) is 0 Å². The van der Waals surface area contributed by atoms with Crippen molar-refractivity contribution in [3.8, 4) is 11.4 Å². The van der Waals surface area contributed by atoms with Crippen molar-refractivity contribution in [2.45, 2.75) is 6.42 Å². The van der Waals surface area contributed by atoms with Crippen LogP contribution in [0.2, 0.25) is 0 Å². The second-order valence-electron chi connectivity index (χ2n) is 4.95. The molecule has 7 nitrogen and oxygen atoms in total. The molecule has 23 heavy (non-hydrogen) atoms. The van der Waals surface area contributed by atoms with Gasteiger partial charge in [-0.05, 0) is 34.5 Å². The third-order valence-electron chi connectivity index (χ3n) is 3.28. The van der Waals surface area contributed by atoms with Crippen LogP contribution >= 0.6 is 0 Å². The van der Waals surface area contributed by atoms with Gasteiger partial charge in [-0.15, -0.1) is 5.10 Å². The van der Waals surface area contributed by atoms with Gasteiger partial charge in [0.15, 0.2) is 5.82 Å². The summed E-state index contributed by atoms with van der Waals surface area (Å²) < 4.78 is 0. The van der Waals surface area contributed by atoms with Gasteiger partial charge < -0.3 is 10.6 Å². The number of nitrogens with zero attached hydrogens (tertiary/aromatic N) is 3. The summed E-state index contributed by atoms with van der Waals surface area (Å²) >= 11 is 0. The number of amides is 2. The van der Waals surface area contributed by atoms with Crippen molar-refractivity contribution in [3.63, 3.8) is 0 Å². The molecule has 2 aromatic carbocycles. The second-order valence-corrected chi connectivity index (χ2v) is 4.95. The van der Waals surface area contributed by atoms with Crippen LogP contribution in [0.25, 0.3) is 11.4 Å². The van der Waals surface area contributed by atoms with Crippen LogP contribution in [0.1, 0.15) is 5.56 Å². The van der Waals surface area contributed by atoms with E-state index in [2.05, 4.69) is 31.3 Å². The molecule has 0 atom stereocenters. The van der Waals surface area contributed by atoms with Gasteiger partial charge in [-0.1, -0.05) is 42.5 Å². The van der Waals surface area contributed by atoms with Crippen LogP contribution in [0.3, 0.4) is 0 Å². The monoisotopic (exact) mass is 308 g/mol. The number of rotatable bonds is 5. The Morgan fingerprint density at radius 1 is 1.09 bits per heavy atom. The Labute approximate surface area is 133 Å². The minimum Gasteiger partial charge on any atom is -0.338 e. The SMILES string of the molecule is O=C(NCCc1ccccc1)Nc1cccc(-c2nnn[nH]2)c1. The molecule has 0 fully saturated rings. The van der Waals surface area contributed by atoms with Gasteiger partial charge in [-0.3, -0.25) is 0 Å². The average Bonchev–Trinajstić information content (AvgIpc) is 3.11. The average molecular weight is 308 g/mol. The van der Waals surface area contributed by atoms with Gasteiger partial charge in [0, 0.05) is 17.8 Å². The van der Waals surface area contributed by atoms with E-state index in [9.17, 15) is 4.79 Å². The molecule has 0 saturated carbocycles. The number of tetrazole rings is 1. The Balaban J connectivity index is 1.53. The summed E-state index contributed by atoms with van der Waals surface area (Å²) in [4.78, 5) is 11.9. The fraction of sp³-hybridized carbons (Fsp3) is 0.125. The maximum Gasteiger partial charge on any atom is 0.319 e. The van der Waals surface area contributed by atoms with Crippen LogP contribution < -0.4 is 10.6 Å². The maximum absolute atomic E-state index is 11.9. The van der Waals surface area contributed by atoms with Crippen LogP contribution in [0.5, 0.6) is 0 Å². The predicted molar refractivity (Wildman–Crippen MR) is 86.8 cm³/mol. The zero-order valence-electron chi connectivity index (χ0n) is 12.4. The van der Waals surface area contributed by atoms with Crippen molar-refractivity contribution in [1.29, 1.82) is 0 Å². The number of H-pyrrole nitrogens is 1. The van der Waals surface area contributed by atoms with Crippen molar-refractivity contribution in [1.82, 2.24) is 25.9 Å². The molecular weight excluding hydrogens is 292 g/mol. The molecule has 0 aliphatic heterocycles.